The van der Waals surface area contributed by atoms with E-state index in [-0.39, 0.29) is 17.2 Å². The number of urea groups is 1. The molecule has 2 aromatic carbocycles. The van der Waals surface area contributed by atoms with Crippen LogP contribution in [0, 0.1) is 12.8 Å². The summed E-state index contributed by atoms with van der Waals surface area (Å²) in [6.45, 7) is 6.20. The van der Waals surface area contributed by atoms with Crippen molar-refractivity contribution in [2.75, 3.05) is 12.3 Å². The van der Waals surface area contributed by atoms with Gasteiger partial charge in [0.2, 0.25) is 5.91 Å². The van der Waals surface area contributed by atoms with E-state index >= 15 is 0 Å². The number of benzene rings is 2. The lowest BCUT2D eigenvalue weighted by atomic mass is 10.2. The summed E-state index contributed by atoms with van der Waals surface area (Å²) in [6, 6.07) is 11.8. The number of para-hydroxylation sites is 1. The maximum atomic E-state index is 13.3. The van der Waals surface area contributed by atoms with Gasteiger partial charge in [0.05, 0.1) is 22.3 Å². The summed E-state index contributed by atoms with van der Waals surface area (Å²) in [5.41, 5.74) is 1.59. The minimum absolute atomic E-state index is 0.0838. The van der Waals surface area contributed by atoms with Crippen LogP contribution in [0.3, 0.4) is 0 Å². The molecule has 3 aromatic rings. The Morgan fingerprint density at radius 2 is 1.90 bits per heavy atom. The van der Waals surface area contributed by atoms with Gasteiger partial charge in [-0.3, -0.25) is 19.5 Å². The average molecular weight is 459 g/mol. The molecule has 0 saturated carbocycles. The molecular formula is C22H23ClN4O3S. The fourth-order valence-electron chi connectivity index (χ4n) is 2.89. The molecule has 162 valence electrons. The summed E-state index contributed by atoms with van der Waals surface area (Å²) >= 11 is 7.35. The minimum atomic E-state index is -0.547. The van der Waals surface area contributed by atoms with Crippen LogP contribution >= 0.6 is 23.4 Å². The third-order valence-electron chi connectivity index (χ3n) is 4.48. The zero-order valence-corrected chi connectivity index (χ0v) is 19.0. The molecule has 7 nitrogen and oxygen atoms in total. The molecule has 0 bridgehead atoms. The number of hydrogen-bond donors (Lipinski definition) is 2. The van der Waals surface area contributed by atoms with E-state index in [9.17, 15) is 14.4 Å². The lowest BCUT2D eigenvalue weighted by molar-refractivity contribution is -0.117. The topological polar surface area (TPSA) is 93.1 Å². The van der Waals surface area contributed by atoms with Gasteiger partial charge in [-0.1, -0.05) is 55.4 Å². The highest BCUT2D eigenvalue weighted by molar-refractivity contribution is 7.99. The fourth-order valence-corrected chi connectivity index (χ4v) is 3.87. The van der Waals surface area contributed by atoms with Crippen LogP contribution in [0.2, 0.25) is 5.02 Å². The first-order valence-corrected chi connectivity index (χ1v) is 11.1. The molecule has 0 saturated heterocycles. The van der Waals surface area contributed by atoms with Crippen molar-refractivity contribution in [1.29, 1.82) is 0 Å². The van der Waals surface area contributed by atoms with Crippen molar-refractivity contribution in [2.45, 2.75) is 25.9 Å². The highest BCUT2D eigenvalue weighted by atomic mass is 35.5. The van der Waals surface area contributed by atoms with Crippen molar-refractivity contribution in [1.82, 2.24) is 20.2 Å². The number of rotatable bonds is 6. The Labute approximate surface area is 189 Å². The smallest absolute Gasteiger partial charge is 0.321 e. The number of fused-ring (bicyclic) bond motifs is 1. The molecular weight excluding hydrogens is 436 g/mol. The van der Waals surface area contributed by atoms with Gasteiger partial charge in [0.1, 0.15) is 0 Å². The van der Waals surface area contributed by atoms with E-state index in [0.717, 1.165) is 17.3 Å². The molecule has 0 unspecified atom stereocenters. The quantitative estimate of drug-likeness (QED) is 0.431. The van der Waals surface area contributed by atoms with Gasteiger partial charge < -0.3 is 5.32 Å². The molecule has 0 fully saturated rings. The van der Waals surface area contributed by atoms with E-state index in [1.165, 1.54) is 4.57 Å². The number of amides is 3. The molecule has 1 heterocycles. The fraction of sp³-hybridized carbons (Fsp3) is 0.273. The lowest BCUT2D eigenvalue weighted by Gasteiger charge is -2.15. The van der Waals surface area contributed by atoms with E-state index in [2.05, 4.69) is 15.6 Å². The SMILES string of the molecule is Cc1c(Cl)cccc1-n1c(SCC(=O)NC(=O)NCC(C)C)nc2ccccc2c1=O. The highest BCUT2D eigenvalue weighted by Crippen LogP contribution is 2.26. The summed E-state index contributed by atoms with van der Waals surface area (Å²) < 4.78 is 1.46. The van der Waals surface area contributed by atoms with Crippen molar-refractivity contribution in [3.8, 4) is 5.69 Å². The Balaban J connectivity index is 1.92. The number of halogens is 1. The molecule has 0 aliphatic rings. The molecule has 3 rings (SSSR count). The zero-order valence-electron chi connectivity index (χ0n) is 17.4. The largest absolute Gasteiger partial charge is 0.338 e. The number of aromatic nitrogens is 2. The zero-order chi connectivity index (χ0) is 22.5. The first-order valence-electron chi connectivity index (χ1n) is 9.75. The van der Waals surface area contributed by atoms with Gasteiger partial charge in [0.25, 0.3) is 5.56 Å². The molecule has 0 radical (unpaired) electrons. The third kappa shape index (κ3) is 5.45. The number of imide groups is 1. The molecule has 0 spiro atoms. The minimum Gasteiger partial charge on any atom is -0.338 e. The highest BCUT2D eigenvalue weighted by Gasteiger charge is 2.17. The average Bonchev–Trinajstić information content (AvgIpc) is 2.73. The maximum Gasteiger partial charge on any atom is 0.321 e. The van der Waals surface area contributed by atoms with Crippen LogP contribution in [0.1, 0.15) is 19.4 Å². The van der Waals surface area contributed by atoms with E-state index in [1.807, 2.05) is 20.8 Å². The second-order valence-electron chi connectivity index (χ2n) is 7.38. The summed E-state index contributed by atoms with van der Waals surface area (Å²) in [5.74, 6) is -0.296. The van der Waals surface area contributed by atoms with Crippen molar-refractivity contribution >= 4 is 46.2 Å². The monoisotopic (exact) mass is 458 g/mol. The van der Waals surface area contributed by atoms with E-state index < -0.39 is 11.9 Å². The van der Waals surface area contributed by atoms with Crippen molar-refractivity contribution in [3.63, 3.8) is 0 Å². The molecule has 31 heavy (non-hydrogen) atoms. The number of hydrogen-bond acceptors (Lipinski definition) is 5. The lowest BCUT2D eigenvalue weighted by Crippen LogP contribution is -2.41. The Kier molecular flexibility index (Phi) is 7.35. The molecule has 9 heteroatoms. The Hall–Kier alpha value is -2.84. The van der Waals surface area contributed by atoms with Crippen LogP contribution in [0.5, 0.6) is 0 Å². The number of carbonyl (C=O) groups excluding carboxylic acids is 2. The first-order chi connectivity index (χ1) is 14.8. The van der Waals surface area contributed by atoms with Gasteiger partial charge in [0, 0.05) is 11.6 Å². The number of carbonyl (C=O) groups is 2. The van der Waals surface area contributed by atoms with E-state index in [0.29, 0.717) is 33.3 Å². The Morgan fingerprint density at radius 3 is 2.65 bits per heavy atom. The van der Waals surface area contributed by atoms with Crippen LogP contribution in [0.15, 0.2) is 52.4 Å². The predicted octanol–water partition coefficient (Wildman–Crippen LogP) is 3.92. The maximum absolute atomic E-state index is 13.3. The molecule has 1 aromatic heterocycles. The summed E-state index contributed by atoms with van der Waals surface area (Å²) in [5, 5.41) is 6.24. The Morgan fingerprint density at radius 1 is 1.16 bits per heavy atom. The van der Waals surface area contributed by atoms with Crippen LogP contribution < -0.4 is 16.2 Å². The van der Waals surface area contributed by atoms with Crippen LogP contribution in [-0.2, 0) is 4.79 Å². The molecule has 0 aliphatic carbocycles. The van der Waals surface area contributed by atoms with Crippen molar-refractivity contribution < 1.29 is 9.59 Å². The van der Waals surface area contributed by atoms with Crippen LogP contribution in [0.25, 0.3) is 16.6 Å². The van der Waals surface area contributed by atoms with Gasteiger partial charge in [-0.05, 0) is 42.7 Å². The molecule has 0 atom stereocenters. The number of nitrogens with one attached hydrogen (secondary N) is 2. The van der Waals surface area contributed by atoms with Crippen LogP contribution in [0.4, 0.5) is 4.79 Å². The van der Waals surface area contributed by atoms with Gasteiger partial charge in [-0.15, -0.1) is 0 Å². The van der Waals surface area contributed by atoms with Gasteiger partial charge >= 0.3 is 6.03 Å². The number of nitrogens with zero attached hydrogens (tertiary/aromatic N) is 2. The van der Waals surface area contributed by atoms with E-state index in [1.54, 1.807) is 42.5 Å². The summed E-state index contributed by atoms with van der Waals surface area (Å²) in [7, 11) is 0. The molecule has 2 N–H and O–H groups in total. The standard InChI is InChI=1S/C22H23ClN4O3S/c1-13(2)11-24-21(30)26-19(28)12-31-22-25-17-9-5-4-7-15(17)20(29)27(22)18-10-6-8-16(23)14(18)3/h4-10,13H,11-12H2,1-3H3,(H2,24,26,28,30). The molecule has 3 amide bonds. The van der Waals surface area contributed by atoms with Gasteiger partial charge in [-0.2, -0.15) is 0 Å². The third-order valence-corrected chi connectivity index (χ3v) is 5.83. The first kappa shape index (κ1) is 22.8. The normalized spacial score (nSPS) is 11.0. The second-order valence-corrected chi connectivity index (χ2v) is 8.73. The van der Waals surface area contributed by atoms with E-state index in [4.69, 9.17) is 11.6 Å². The Bertz CT molecular complexity index is 1190. The van der Waals surface area contributed by atoms with Gasteiger partial charge in [0.15, 0.2) is 5.16 Å². The predicted molar refractivity (Wildman–Crippen MR) is 124 cm³/mol. The van der Waals surface area contributed by atoms with Gasteiger partial charge in [-0.25, -0.2) is 9.78 Å². The summed E-state index contributed by atoms with van der Waals surface area (Å²) in [4.78, 5) is 42.0. The van der Waals surface area contributed by atoms with Crippen molar-refractivity contribution in [2.24, 2.45) is 5.92 Å². The second kappa shape index (κ2) is 9.98. The van der Waals surface area contributed by atoms with Crippen molar-refractivity contribution in [3.05, 3.63) is 63.4 Å². The summed E-state index contributed by atoms with van der Waals surface area (Å²) in [6.07, 6.45) is 0. The number of thioether (sulfide) groups is 1. The van der Waals surface area contributed by atoms with Crippen LogP contribution in [-0.4, -0.2) is 33.8 Å². The molecule has 0 aliphatic heterocycles.